The average molecular weight is 437 g/mol. The number of aromatic nitrogens is 1. The smallest absolute Gasteiger partial charge is 0.257 e. The van der Waals surface area contributed by atoms with Crippen molar-refractivity contribution in [2.45, 2.75) is 20.8 Å². The fourth-order valence-electron chi connectivity index (χ4n) is 3.40. The quantitative estimate of drug-likeness (QED) is 0.372. The number of hydrogen-bond acceptors (Lipinski definition) is 6. The van der Waals surface area contributed by atoms with Crippen molar-refractivity contribution in [3.8, 4) is 17.2 Å². The van der Waals surface area contributed by atoms with Crippen LogP contribution in [0.3, 0.4) is 0 Å². The molecule has 0 saturated heterocycles. The molecule has 0 bridgehead atoms. The third-order valence-electron chi connectivity index (χ3n) is 4.68. The predicted molar refractivity (Wildman–Crippen MR) is 125 cm³/mol. The maximum Gasteiger partial charge on any atom is 0.257 e. The number of anilines is 1. The van der Waals surface area contributed by atoms with Crippen LogP contribution in [0.2, 0.25) is 0 Å². The molecule has 4 rings (SSSR count). The van der Waals surface area contributed by atoms with E-state index >= 15 is 0 Å². The molecule has 1 heterocycles. The van der Waals surface area contributed by atoms with Crippen molar-refractivity contribution in [2.24, 2.45) is 0 Å². The normalized spacial score (nSPS) is 10.9. The van der Waals surface area contributed by atoms with Gasteiger partial charge < -0.3 is 14.2 Å². The molecule has 0 unspecified atom stereocenters. The molecule has 0 fully saturated rings. The van der Waals surface area contributed by atoms with Gasteiger partial charge in [0.1, 0.15) is 0 Å². The van der Waals surface area contributed by atoms with E-state index in [-0.39, 0.29) is 5.91 Å². The van der Waals surface area contributed by atoms with Crippen molar-refractivity contribution in [1.29, 1.82) is 0 Å². The minimum absolute atomic E-state index is 0.284. The summed E-state index contributed by atoms with van der Waals surface area (Å²) in [6.07, 6.45) is 0. The van der Waals surface area contributed by atoms with Crippen molar-refractivity contribution in [3.05, 3.63) is 54.1 Å². The Morgan fingerprint density at radius 2 is 1.61 bits per heavy atom. The van der Waals surface area contributed by atoms with Crippen LogP contribution in [0.4, 0.5) is 5.13 Å². The Labute approximate surface area is 184 Å². The van der Waals surface area contributed by atoms with Gasteiger partial charge in [-0.05, 0) is 44.4 Å². The molecule has 1 N–H and O–H groups in total. The van der Waals surface area contributed by atoms with Gasteiger partial charge >= 0.3 is 0 Å². The fraction of sp³-hybridized carbons (Fsp3) is 0.250. The molecule has 0 aliphatic carbocycles. The Kier molecular flexibility index (Phi) is 6.23. The van der Waals surface area contributed by atoms with E-state index in [4.69, 9.17) is 14.2 Å². The number of ether oxygens (including phenoxy) is 3. The minimum Gasteiger partial charge on any atom is -0.490 e. The number of rotatable bonds is 8. The van der Waals surface area contributed by atoms with E-state index in [9.17, 15) is 4.79 Å². The molecule has 0 atom stereocenters. The topological polar surface area (TPSA) is 69.7 Å². The summed E-state index contributed by atoms with van der Waals surface area (Å²) in [7, 11) is 0. The molecule has 160 valence electrons. The number of nitrogens with one attached hydrogen (secondary N) is 1. The molecule has 1 aromatic heterocycles. The summed E-state index contributed by atoms with van der Waals surface area (Å²) >= 11 is 1.45. The van der Waals surface area contributed by atoms with E-state index in [0.29, 0.717) is 47.8 Å². The van der Waals surface area contributed by atoms with E-state index in [2.05, 4.69) is 22.4 Å². The van der Waals surface area contributed by atoms with E-state index in [0.717, 1.165) is 21.0 Å². The van der Waals surface area contributed by atoms with Gasteiger partial charge in [0.05, 0.1) is 30.0 Å². The Balaban J connectivity index is 1.68. The first-order valence-electron chi connectivity index (χ1n) is 10.3. The zero-order valence-electron chi connectivity index (χ0n) is 17.7. The maximum atomic E-state index is 13.0. The molecule has 0 spiro atoms. The Hall–Kier alpha value is -3.32. The molecule has 0 aliphatic rings. The lowest BCUT2D eigenvalue weighted by molar-refractivity contribution is 0.102. The maximum absolute atomic E-state index is 13.0. The van der Waals surface area contributed by atoms with Crippen LogP contribution in [-0.2, 0) is 0 Å². The molecule has 4 aromatic rings. The van der Waals surface area contributed by atoms with Crippen LogP contribution < -0.4 is 19.5 Å². The summed E-state index contributed by atoms with van der Waals surface area (Å²) in [5.41, 5.74) is 1.30. The number of nitrogens with zero attached hydrogens (tertiary/aromatic N) is 1. The number of hydrogen-bond donors (Lipinski definition) is 1. The molecule has 0 saturated carbocycles. The van der Waals surface area contributed by atoms with Crippen LogP contribution in [0.25, 0.3) is 21.0 Å². The number of carbonyl (C=O) groups is 1. The second-order valence-electron chi connectivity index (χ2n) is 6.71. The zero-order valence-corrected chi connectivity index (χ0v) is 18.5. The zero-order chi connectivity index (χ0) is 21.8. The molecule has 3 aromatic carbocycles. The average Bonchev–Trinajstić information content (AvgIpc) is 3.19. The standard InChI is InChI=1S/C24H24N2O4S/c1-4-28-18-13-16(14-19(29-5-2)22(18)30-6-3)23(27)26-24-25-21-17-10-8-7-9-15(17)11-12-20(21)31-24/h7-14H,4-6H2,1-3H3,(H,25,26,27). The largest absolute Gasteiger partial charge is 0.490 e. The van der Waals surface area contributed by atoms with Gasteiger partial charge in [-0.2, -0.15) is 0 Å². The highest BCUT2D eigenvalue weighted by molar-refractivity contribution is 7.22. The Morgan fingerprint density at radius 3 is 2.29 bits per heavy atom. The van der Waals surface area contributed by atoms with Crippen LogP contribution in [0.15, 0.2) is 48.5 Å². The molecule has 7 heteroatoms. The lowest BCUT2D eigenvalue weighted by Crippen LogP contribution is -2.13. The Morgan fingerprint density at radius 1 is 0.935 bits per heavy atom. The van der Waals surface area contributed by atoms with Gasteiger partial charge in [0.15, 0.2) is 16.6 Å². The fourth-order valence-corrected chi connectivity index (χ4v) is 4.28. The predicted octanol–water partition coefficient (Wildman–Crippen LogP) is 5.90. The first kappa shape index (κ1) is 20.9. The highest BCUT2D eigenvalue weighted by atomic mass is 32.1. The lowest BCUT2D eigenvalue weighted by atomic mass is 10.1. The monoisotopic (exact) mass is 436 g/mol. The minimum atomic E-state index is -0.284. The van der Waals surface area contributed by atoms with Crippen LogP contribution >= 0.6 is 11.3 Å². The van der Waals surface area contributed by atoms with Crippen LogP contribution in [-0.4, -0.2) is 30.7 Å². The molecule has 0 radical (unpaired) electrons. The van der Waals surface area contributed by atoms with Gasteiger partial charge in [-0.3, -0.25) is 10.1 Å². The molecular weight excluding hydrogens is 412 g/mol. The molecular formula is C24H24N2O4S. The first-order valence-corrected chi connectivity index (χ1v) is 11.1. The van der Waals surface area contributed by atoms with Crippen molar-refractivity contribution in [2.75, 3.05) is 25.1 Å². The number of amides is 1. The SMILES string of the molecule is CCOc1cc(C(=O)Nc2nc3c(ccc4ccccc43)s2)cc(OCC)c1OCC. The Bertz CT molecular complexity index is 1210. The van der Waals surface area contributed by atoms with E-state index in [1.54, 1.807) is 12.1 Å². The number of carbonyl (C=O) groups excluding carboxylic acids is 1. The molecule has 0 aliphatic heterocycles. The van der Waals surface area contributed by atoms with Crippen LogP contribution in [0.1, 0.15) is 31.1 Å². The van der Waals surface area contributed by atoms with E-state index in [1.165, 1.54) is 11.3 Å². The third kappa shape index (κ3) is 4.27. The summed E-state index contributed by atoms with van der Waals surface area (Å²) < 4.78 is 18.2. The summed E-state index contributed by atoms with van der Waals surface area (Å²) in [6.45, 7) is 7.01. The van der Waals surface area contributed by atoms with Gasteiger partial charge in [-0.25, -0.2) is 4.98 Å². The highest BCUT2D eigenvalue weighted by Crippen LogP contribution is 2.39. The van der Waals surface area contributed by atoms with Crippen molar-refractivity contribution >= 4 is 43.4 Å². The van der Waals surface area contributed by atoms with Gasteiger partial charge in [0.25, 0.3) is 5.91 Å². The van der Waals surface area contributed by atoms with Crippen LogP contribution in [0, 0.1) is 0 Å². The second kappa shape index (κ2) is 9.22. The van der Waals surface area contributed by atoms with E-state index in [1.807, 2.05) is 45.0 Å². The van der Waals surface area contributed by atoms with Crippen molar-refractivity contribution < 1.29 is 19.0 Å². The number of benzene rings is 3. The van der Waals surface area contributed by atoms with Crippen molar-refractivity contribution in [1.82, 2.24) is 4.98 Å². The van der Waals surface area contributed by atoms with Crippen LogP contribution in [0.5, 0.6) is 17.2 Å². The van der Waals surface area contributed by atoms with Gasteiger partial charge in [0, 0.05) is 10.9 Å². The lowest BCUT2D eigenvalue weighted by Gasteiger charge is -2.16. The van der Waals surface area contributed by atoms with E-state index < -0.39 is 0 Å². The van der Waals surface area contributed by atoms with Gasteiger partial charge in [-0.1, -0.05) is 41.7 Å². The van der Waals surface area contributed by atoms with Gasteiger partial charge in [-0.15, -0.1) is 0 Å². The highest BCUT2D eigenvalue weighted by Gasteiger charge is 2.19. The summed E-state index contributed by atoms with van der Waals surface area (Å²) in [6, 6.07) is 15.5. The number of fused-ring (bicyclic) bond motifs is 3. The molecule has 6 nitrogen and oxygen atoms in total. The van der Waals surface area contributed by atoms with Gasteiger partial charge in [0.2, 0.25) is 5.75 Å². The summed E-state index contributed by atoms with van der Waals surface area (Å²) in [4.78, 5) is 17.7. The summed E-state index contributed by atoms with van der Waals surface area (Å²) in [5, 5.41) is 5.64. The summed E-state index contributed by atoms with van der Waals surface area (Å²) in [5.74, 6) is 1.19. The second-order valence-corrected chi connectivity index (χ2v) is 7.74. The molecule has 1 amide bonds. The third-order valence-corrected chi connectivity index (χ3v) is 5.61. The van der Waals surface area contributed by atoms with Crippen molar-refractivity contribution in [3.63, 3.8) is 0 Å². The number of thiazole rings is 1. The first-order chi connectivity index (χ1) is 15.1. The molecule has 31 heavy (non-hydrogen) atoms.